The van der Waals surface area contributed by atoms with Gasteiger partial charge in [-0.1, -0.05) is 12.1 Å². The molecule has 1 aromatic carbocycles. The van der Waals surface area contributed by atoms with Crippen molar-refractivity contribution in [2.75, 3.05) is 0 Å². The SMILES string of the molecule is O=S(=O)(c1ccc(C(F)(F)F)nc1)N1C2c3c[nH]cc3[C@@H](O)C1c1c(F)cccc12. The molecule has 2 aliphatic rings. The van der Waals surface area contributed by atoms with Crippen molar-refractivity contribution in [2.24, 2.45) is 0 Å². The van der Waals surface area contributed by atoms with Crippen molar-refractivity contribution in [3.8, 4) is 0 Å². The summed E-state index contributed by atoms with van der Waals surface area (Å²) >= 11 is 0. The molecule has 3 aromatic rings. The molecule has 0 saturated carbocycles. The van der Waals surface area contributed by atoms with E-state index in [1.165, 1.54) is 24.5 Å². The van der Waals surface area contributed by atoms with E-state index in [1.54, 1.807) is 6.07 Å². The fraction of sp³-hybridized carbons (Fsp3) is 0.211. The Kier molecular flexibility index (Phi) is 3.92. The van der Waals surface area contributed by atoms with Crippen LogP contribution in [0.5, 0.6) is 0 Å². The molecular formula is C19H13F4N3O3S. The number of aromatic amines is 1. The Morgan fingerprint density at radius 1 is 1.07 bits per heavy atom. The summed E-state index contributed by atoms with van der Waals surface area (Å²) in [7, 11) is -4.44. The highest BCUT2D eigenvalue weighted by Crippen LogP contribution is 2.58. The van der Waals surface area contributed by atoms with Crippen LogP contribution in [-0.4, -0.2) is 27.8 Å². The van der Waals surface area contributed by atoms with Gasteiger partial charge in [0, 0.05) is 29.7 Å². The molecule has 0 aliphatic carbocycles. The molecule has 2 aromatic heterocycles. The molecule has 3 atom stereocenters. The second-order valence-corrected chi connectivity index (χ2v) is 8.96. The van der Waals surface area contributed by atoms with E-state index < -0.39 is 50.8 Å². The minimum absolute atomic E-state index is 0.0506. The summed E-state index contributed by atoms with van der Waals surface area (Å²) in [5.74, 6) is -0.668. The second-order valence-electron chi connectivity index (χ2n) is 7.11. The van der Waals surface area contributed by atoms with Crippen LogP contribution < -0.4 is 0 Å². The largest absolute Gasteiger partial charge is 0.433 e. The van der Waals surface area contributed by atoms with E-state index in [0.717, 1.165) is 10.4 Å². The lowest BCUT2D eigenvalue weighted by Crippen LogP contribution is -2.39. The first kappa shape index (κ1) is 19.2. The quantitative estimate of drug-likeness (QED) is 0.599. The van der Waals surface area contributed by atoms with Gasteiger partial charge in [-0.2, -0.15) is 17.5 Å². The fourth-order valence-corrected chi connectivity index (χ4v) is 5.99. The Labute approximate surface area is 167 Å². The third-order valence-electron chi connectivity index (χ3n) is 5.53. The number of nitrogens with zero attached hydrogens (tertiary/aromatic N) is 2. The Hall–Kier alpha value is -2.76. The minimum atomic E-state index is -4.72. The summed E-state index contributed by atoms with van der Waals surface area (Å²) in [6.45, 7) is 0. The van der Waals surface area contributed by atoms with Crippen molar-refractivity contribution in [1.82, 2.24) is 14.3 Å². The van der Waals surface area contributed by atoms with Crippen LogP contribution in [0.4, 0.5) is 17.6 Å². The summed E-state index contributed by atoms with van der Waals surface area (Å²) in [5.41, 5.74) is 0.0879. The summed E-state index contributed by atoms with van der Waals surface area (Å²) in [6, 6.07) is 3.38. The lowest BCUT2D eigenvalue weighted by Gasteiger charge is -2.37. The maximum Gasteiger partial charge on any atom is 0.433 e. The molecule has 6 nitrogen and oxygen atoms in total. The average Bonchev–Trinajstić information content (AvgIpc) is 3.28. The van der Waals surface area contributed by atoms with Gasteiger partial charge in [0.15, 0.2) is 0 Å². The molecule has 0 saturated heterocycles. The van der Waals surface area contributed by atoms with Crippen molar-refractivity contribution >= 4 is 10.0 Å². The third kappa shape index (κ3) is 2.49. The van der Waals surface area contributed by atoms with Crippen LogP contribution in [0.3, 0.4) is 0 Å². The van der Waals surface area contributed by atoms with Gasteiger partial charge in [-0.25, -0.2) is 12.8 Å². The number of hydrogen-bond acceptors (Lipinski definition) is 4. The lowest BCUT2D eigenvalue weighted by atomic mass is 9.95. The molecule has 0 radical (unpaired) electrons. The first-order valence-corrected chi connectivity index (χ1v) is 10.3. The zero-order chi connectivity index (χ0) is 21.4. The number of fused-ring (bicyclic) bond motifs is 7. The number of nitrogens with one attached hydrogen (secondary N) is 1. The molecule has 4 heterocycles. The molecule has 0 fully saturated rings. The Balaban J connectivity index is 1.69. The average molecular weight is 439 g/mol. The van der Waals surface area contributed by atoms with Crippen LogP contribution in [0.15, 0.2) is 53.8 Å². The van der Waals surface area contributed by atoms with Gasteiger partial charge in [0.25, 0.3) is 0 Å². The Bertz CT molecular complexity index is 1250. The molecule has 2 bridgehead atoms. The van der Waals surface area contributed by atoms with Crippen LogP contribution in [0.1, 0.15) is 46.1 Å². The van der Waals surface area contributed by atoms with E-state index >= 15 is 0 Å². The van der Waals surface area contributed by atoms with Crippen molar-refractivity contribution in [2.45, 2.75) is 29.3 Å². The van der Waals surface area contributed by atoms with E-state index in [0.29, 0.717) is 29.0 Å². The lowest BCUT2D eigenvalue weighted by molar-refractivity contribution is -0.141. The number of H-pyrrole nitrogens is 1. The van der Waals surface area contributed by atoms with Crippen LogP contribution in [0, 0.1) is 5.82 Å². The first-order valence-electron chi connectivity index (χ1n) is 8.82. The molecule has 11 heteroatoms. The fourth-order valence-electron chi connectivity index (χ4n) is 4.29. The molecule has 2 aliphatic heterocycles. The van der Waals surface area contributed by atoms with Crippen LogP contribution in [-0.2, 0) is 16.2 Å². The van der Waals surface area contributed by atoms with Crippen LogP contribution >= 0.6 is 0 Å². The zero-order valence-corrected chi connectivity index (χ0v) is 15.7. The maximum absolute atomic E-state index is 14.7. The van der Waals surface area contributed by atoms with E-state index in [9.17, 15) is 31.1 Å². The number of halogens is 4. The normalized spacial score (nSPS) is 23.3. The van der Waals surface area contributed by atoms with Crippen molar-refractivity contribution in [3.05, 3.63) is 82.7 Å². The van der Waals surface area contributed by atoms with Crippen molar-refractivity contribution in [1.29, 1.82) is 0 Å². The number of alkyl halides is 3. The molecule has 30 heavy (non-hydrogen) atoms. The van der Waals surface area contributed by atoms with Gasteiger partial charge in [-0.15, -0.1) is 0 Å². The molecule has 2 N–H and O–H groups in total. The van der Waals surface area contributed by atoms with Crippen LogP contribution in [0.25, 0.3) is 0 Å². The highest BCUT2D eigenvalue weighted by atomic mass is 32.2. The van der Waals surface area contributed by atoms with Gasteiger partial charge >= 0.3 is 6.18 Å². The number of benzene rings is 1. The van der Waals surface area contributed by atoms with Crippen LogP contribution in [0.2, 0.25) is 0 Å². The highest BCUT2D eigenvalue weighted by molar-refractivity contribution is 7.89. The van der Waals surface area contributed by atoms with E-state index in [1.807, 2.05) is 0 Å². The summed E-state index contributed by atoms with van der Waals surface area (Å²) < 4.78 is 80.9. The molecule has 2 unspecified atom stereocenters. The Morgan fingerprint density at radius 3 is 2.47 bits per heavy atom. The number of aromatic nitrogens is 2. The predicted molar refractivity (Wildman–Crippen MR) is 95.0 cm³/mol. The number of pyridine rings is 1. The minimum Gasteiger partial charge on any atom is -0.386 e. The first-order chi connectivity index (χ1) is 14.1. The van der Waals surface area contributed by atoms with E-state index in [-0.39, 0.29) is 5.56 Å². The second kappa shape index (κ2) is 6.13. The molecule has 5 rings (SSSR count). The zero-order valence-electron chi connectivity index (χ0n) is 14.9. The topological polar surface area (TPSA) is 86.3 Å². The van der Waals surface area contributed by atoms with Gasteiger partial charge in [-0.3, -0.25) is 4.98 Å². The summed E-state index contributed by atoms with van der Waals surface area (Å²) in [4.78, 5) is 5.57. The standard InChI is InChI=1S/C19H13F4N3O3S/c20-13-3-1-2-10-15(13)17-18(27)12-8-24-7-11(12)16(10)26(17)30(28,29)9-4-5-14(25-6-9)19(21,22)23/h1-8,16-18,24,27H/t16?,17?,18-/m1/s1. The summed E-state index contributed by atoms with van der Waals surface area (Å²) in [5, 5.41) is 10.9. The molecular weight excluding hydrogens is 426 g/mol. The number of hydrogen-bond donors (Lipinski definition) is 2. The predicted octanol–water partition coefficient (Wildman–Crippen LogP) is 3.45. The van der Waals surface area contributed by atoms with Crippen molar-refractivity contribution in [3.63, 3.8) is 0 Å². The Morgan fingerprint density at radius 2 is 1.80 bits per heavy atom. The smallest absolute Gasteiger partial charge is 0.386 e. The number of aliphatic hydroxyl groups is 1. The molecule has 156 valence electrons. The van der Waals surface area contributed by atoms with E-state index in [2.05, 4.69) is 9.97 Å². The van der Waals surface area contributed by atoms with Gasteiger partial charge < -0.3 is 10.1 Å². The van der Waals surface area contributed by atoms with Crippen molar-refractivity contribution < 1.29 is 31.1 Å². The summed E-state index contributed by atoms with van der Waals surface area (Å²) in [6.07, 6.45) is -2.42. The number of sulfonamides is 1. The number of aliphatic hydroxyl groups excluding tert-OH is 1. The van der Waals surface area contributed by atoms with Gasteiger partial charge in [0.05, 0.1) is 12.1 Å². The number of rotatable bonds is 2. The molecule has 0 amide bonds. The van der Waals surface area contributed by atoms with Gasteiger partial charge in [0.1, 0.15) is 22.5 Å². The highest BCUT2D eigenvalue weighted by Gasteiger charge is 2.55. The monoisotopic (exact) mass is 439 g/mol. The van der Waals surface area contributed by atoms with Gasteiger partial charge in [0.2, 0.25) is 10.0 Å². The van der Waals surface area contributed by atoms with E-state index in [4.69, 9.17) is 0 Å². The molecule has 0 spiro atoms. The van der Waals surface area contributed by atoms with Gasteiger partial charge in [-0.05, 0) is 29.3 Å². The third-order valence-corrected chi connectivity index (χ3v) is 7.36. The maximum atomic E-state index is 14.7.